The maximum Gasteiger partial charge on any atom is 0.132 e. The summed E-state index contributed by atoms with van der Waals surface area (Å²) in [5.74, 6) is 1.33. The zero-order valence-corrected chi connectivity index (χ0v) is 16.4. The van der Waals surface area contributed by atoms with E-state index >= 15 is 0 Å². The summed E-state index contributed by atoms with van der Waals surface area (Å²) in [7, 11) is 0. The number of nitrogens with zero attached hydrogens (tertiary/aromatic N) is 2. The number of benzene rings is 1. The smallest absolute Gasteiger partial charge is 0.132 e. The number of aromatic nitrogens is 4. The van der Waals surface area contributed by atoms with Crippen molar-refractivity contribution >= 4 is 21.9 Å². The van der Waals surface area contributed by atoms with Crippen LogP contribution in [0.15, 0.2) is 36.5 Å². The van der Waals surface area contributed by atoms with Gasteiger partial charge in [0.15, 0.2) is 0 Å². The van der Waals surface area contributed by atoms with Crippen LogP contribution in [0.3, 0.4) is 0 Å². The van der Waals surface area contributed by atoms with Crippen molar-refractivity contribution in [2.75, 3.05) is 32.8 Å². The Labute approximate surface area is 169 Å². The Kier molecular flexibility index (Phi) is 4.99. The van der Waals surface area contributed by atoms with Crippen LogP contribution in [0.25, 0.3) is 33.3 Å². The van der Waals surface area contributed by atoms with Crippen molar-refractivity contribution in [2.24, 2.45) is 5.92 Å². The molecule has 1 atom stereocenters. The van der Waals surface area contributed by atoms with E-state index in [2.05, 4.69) is 43.3 Å². The van der Waals surface area contributed by atoms with E-state index in [1.54, 1.807) is 0 Å². The lowest BCUT2D eigenvalue weighted by Gasteiger charge is -2.31. The molecule has 3 aromatic heterocycles. The summed E-state index contributed by atoms with van der Waals surface area (Å²) in [6, 6.07) is 10.2. The van der Waals surface area contributed by atoms with E-state index in [-0.39, 0.29) is 0 Å². The van der Waals surface area contributed by atoms with Gasteiger partial charge in [0.25, 0.3) is 0 Å². The first kappa shape index (κ1) is 18.3. The summed E-state index contributed by atoms with van der Waals surface area (Å²) in [5.41, 5.74) is 4.95. The number of H-pyrrole nitrogens is 3. The van der Waals surface area contributed by atoms with Crippen LogP contribution in [0.1, 0.15) is 19.3 Å². The summed E-state index contributed by atoms with van der Waals surface area (Å²) in [4.78, 5) is 9.12. The fourth-order valence-electron chi connectivity index (χ4n) is 4.34. The molecule has 0 aliphatic carbocycles. The molecule has 0 amide bonds. The molecule has 4 heterocycles. The second kappa shape index (κ2) is 7.93. The first-order valence-electron chi connectivity index (χ1n) is 10.4. The molecule has 1 aliphatic heterocycles. The summed E-state index contributed by atoms with van der Waals surface area (Å²) in [5, 5.41) is 17.9. The van der Waals surface area contributed by atoms with Crippen molar-refractivity contribution in [3.63, 3.8) is 0 Å². The fourth-order valence-corrected chi connectivity index (χ4v) is 4.34. The average molecular weight is 393 g/mol. The molecule has 0 bridgehead atoms. The minimum atomic E-state index is 0.305. The summed E-state index contributed by atoms with van der Waals surface area (Å²) >= 11 is 0. The molecule has 4 aromatic rings. The Hall–Kier alpha value is -2.77. The Morgan fingerprint density at radius 3 is 3.10 bits per heavy atom. The third-order valence-corrected chi connectivity index (χ3v) is 5.87. The van der Waals surface area contributed by atoms with Crippen molar-refractivity contribution in [1.82, 2.24) is 25.1 Å². The van der Waals surface area contributed by atoms with Gasteiger partial charge >= 0.3 is 0 Å². The van der Waals surface area contributed by atoms with E-state index in [4.69, 9.17) is 4.74 Å². The van der Waals surface area contributed by atoms with Gasteiger partial charge in [-0.15, -0.1) is 0 Å². The lowest BCUT2D eigenvalue weighted by Crippen LogP contribution is -2.37. The topological polar surface area (TPSA) is 93.0 Å². The predicted molar refractivity (Wildman–Crippen MR) is 114 cm³/mol. The van der Waals surface area contributed by atoms with Gasteiger partial charge in [0.1, 0.15) is 11.4 Å². The fraction of sp³-hybridized carbons (Fsp3) is 0.409. The summed E-state index contributed by atoms with van der Waals surface area (Å²) < 4.78 is 6.00. The first-order chi connectivity index (χ1) is 14.3. The number of nitrogens with one attached hydrogen (secondary N) is 3. The van der Waals surface area contributed by atoms with E-state index in [0.29, 0.717) is 19.1 Å². The van der Waals surface area contributed by atoms with Crippen molar-refractivity contribution < 1.29 is 9.84 Å². The zero-order chi connectivity index (χ0) is 19.6. The van der Waals surface area contributed by atoms with Crippen LogP contribution in [0.4, 0.5) is 0 Å². The number of hydrogen-bond acceptors (Lipinski definition) is 4. The number of aromatic amines is 3. The SMILES string of the molecule is OCC1CCCN(CCCOc2ccc3[nH]c(-c4n[nH]c5cc[nH]c45)cc3c2)C1. The van der Waals surface area contributed by atoms with Crippen molar-refractivity contribution in [2.45, 2.75) is 19.3 Å². The molecule has 1 fully saturated rings. The molecule has 1 aromatic carbocycles. The summed E-state index contributed by atoms with van der Waals surface area (Å²) in [6.07, 6.45) is 5.24. The van der Waals surface area contributed by atoms with E-state index in [1.807, 2.05) is 18.3 Å². The zero-order valence-electron chi connectivity index (χ0n) is 16.4. The van der Waals surface area contributed by atoms with Gasteiger partial charge in [-0.2, -0.15) is 5.10 Å². The van der Waals surface area contributed by atoms with Crippen LogP contribution in [-0.4, -0.2) is 63.0 Å². The first-order valence-corrected chi connectivity index (χ1v) is 10.4. The van der Waals surface area contributed by atoms with E-state index in [9.17, 15) is 5.11 Å². The largest absolute Gasteiger partial charge is 0.494 e. The van der Waals surface area contributed by atoms with Crippen LogP contribution in [-0.2, 0) is 0 Å². The molecule has 0 saturated carbocycles. The minimum Gasteiger partial charge on any atom is -0.494 e. The molecule has 1 aliphatic rings. The second-order valence-electron chi connectivity index (χ2n) is 7.96. The van der Waals surface area contributed by atoms with Gasteiger partial charge in [-0.05, 0) is 62.1 Å². The van der Waals surface area contributed by atoms with E-state index in [1.165, 1.54) is 6.42 Å². The Balaban J connectivity index is 1.21. The maximum atomic E-state index is 9.36. The number of ether oxygens (including phenoxy) is 1. The highest BCUT2D eigenvalue weighted by molar-refractivity contribution is 5.94. The minimum absolute atomic E-state index is 0.305. The highest BCUT2D eigenvalue weighted by atomic mass is 16.5. The van der Waals surface area contributed by atoms with Crippen molar-refractivity contribution in [1.29, 1.82) is 0 Å². The van der Waals surface area contributed by atoms with Gasteiger partial charge in [-0.3, -0.25) is 5.10 Å². The summed E-state index contributed by atoms with van der Waals surface area (Å²) in [6.45, 7) is 4.18. The van der Waals surface area contributed by atoms with Gasteiger partial charge < -0.3 is 24.7 Å². The van der Waals surface area contributed by atoms with Crippen LogP contribution in [0.2, 0.25) is 0 Å². The third kappa shape index (κ3) is 3.75. The molecule has 152 valence electrons. The van der Waals surface area contributed by atoms with Crippen LogP contribution in [0.5, 0.6) is 5.75 Å². The molecular formula is C22H27N5O2. The molecule has 29 heavy (non-hydrogen) atoms. The van der Waals surface area contributed by atoms with Crippen molar-refractivity contribution in [3.8, 4) is 17.1 Å². The third-order valence-electron chi connectivity index (χ3n) is 5.87. The molecule has 1 unspecified atom stereocenters. The van der Waals surface area contributed by atoms with Crippen LogP contribution in [0, 0.1) is 5.92 Å². The lowest BCUT2D eigenvalue weighted by molar-refractivity contribution is 0.115. The van der Waals surface area contributed by atoms with Gasteiger partial charge in [-0.25, -0.2) is 0 Å². The van der Waals surface area contributed by atoms with Gasteiger partial charge in [0.2, 0.25) is 0 Å². The lowest BCUT2D eigenvalue weighted by atomic mass is 9.99. The Bertz CT molecular complexity index is 1100. The number of fused-ring (bicyclic) bond motifs is 2. The average Bonchev–Trinajstić information content (AvgIpc) is 3.46. The second-order valence-corrected chi connectivity index (χ2v) is 7.96. The number of piperidine rings is 1. The molecule has 4 N–H and O–H groups in total. The quantitative estimate of drug-likeness (QED) is 0.362. The normalized spacial score (nSPS) is 18.0. The Morgan fingerprint density at radius 2 is 2.17 bits per heavy atom. The molecule has 7 heteroatoms. The molecule has 0 radical (unpaired) electrons. The number of aliphatic hydroxyl groups excluding tert-OH is 1. The molecule has 5 rings (SSSR count). The highest BCUT2D eigenvalue weighted by Gasteiger charge is 2.18. The monoisotopic (exact) mass is 393 g/mol. The molecule has 0 spiro atoms. The number of likely N-dealkylation sites (tertiary alicyclic amines) is 1. The number of aliphatic hydroxyl groups is 1. The predicted octanol–water partition coefficient (Wildman–Crippen LogP) is 3.51. The van der Waals surface area contributed by atoms with Crippen molar-refractivity contribution in [3.05, 3.63) is 36.5 Å². The van der Waals surface area contributed by atoms with Gasteiger partial charge in [0.05, 0.1) is 23.3 Å². The standard InChI is InChI=1S/C22H27N5O2/c28-14-15-3-1-8-27(13-15)9-2-10-29-17-4-5-18-16(11-17)12-20(24-18)22-21-19(25-26-22)6-7-23-21/h4-7,11-12,15,23-24,28H,1-3,8-10,13-14H2,(H,25,26). The highest BCUT2D eigenvalue weighted by Crippen LogP contribution is 2.29. The van der Waals surface area contributed by atoms with E-state index < -0.39 is 0 Å². The van der Waals surface area contributed by atoms with Gasteiger partial charge in [0, 0.05) is 36.8 Å². The van der Waals surface area contributed by atoms with Crippen LogP contribution < -0.4 is 4.74 Å². The molecule has 1 saturated heterocycles. The number of hydrogen-bond donors (Lipinski definition) is 4. The Morgan fingerprint density at radius 1 is 1.21 bits per heavy atom. The molecule has 7 nitrogen and oxygen atoms in total. The van der Waals surface area contributed by atoms with E-state index in [0.717, 1.165) is 71.5 Å². The van der Waals surface area contributed by atoms with Gasteiger partial charge in [-0.1, -0.05) is 0 Å². The maximum absolute atomic E-state index is 9.36. The number of rotatable bonds is 7. The molecular weight excluding hydrogens is 366 g/mol. The van der Waals surface area contributed by atoms with Crippen LogP contribution >= 0.6 is 0 Å².